The molecule has 4 unspecified atom stereocenters. The van der Waals surface area contributed by atoms with E-state index in [0.717, 1.165) is 25.7 Å². The Hall–Kier alpha value is -2.72. The smallest absolute Gasteiger partial charge is 0.112 e. The molecule has 172 valence electrons. The summed E-state index contributed by atoms with van der Waals surface area (Å²) in [5.74, 6) is 0. The van der Waals surface area contributed by atoms with Crippen LogP contribution in [0.15, 0.2) is 87.0 Å². The van der Waals surface area contributed by atoms with Crippen LogP contribution in [0.3, 0.4) is 0 Å². The van der Waals surface area contributed by atoms with Crippen LogP contribution in [0.2, 0.25) is 0 Å². The summed E-state index contributed by atoms with van der Waals surface area (Å²) in [6.07, 6.45) is 10.6. The van der Waals surface area contributed by atoms with Gasteiger partial charge < -0.3 is 14.2 Å². The molecule has 2 saturated heterocycles. The lowest BCUT2D eigenvalue weighted by Crippen LogP contribution is -2.23. The fraction of sp³-hybridized carbons (Fsp3) is 0.333. The van der Waals surface area contributed by atoms with Gasteiger partial charge in [0.1, 0.15) is 24.4 Å². The summed E-state index contributed by atoms with van der Waals surface area (Å²) in [5, 5.41) is 0. The highest BCUT2D eigenvalue weighted by Crippen LogP contribution is 2.44. The normalized spacial score (nSPS) is 20.5. The van der Waals surface area contributed by atoms with Gasteiger partial charge >= 0.3 is 0 Å². The van der Waals surface area contributed by atoms with Gasteiger partial charge in [0.05, 0.1) is 13.2 Å². The summed E-state index contributed by atoms with van der Waals surface area (Å²) in [6.45, 7) is 17.3. The number of benzene rings is 2. The molecular formula is C30H34O3. The molecule has 0 saturated carbocycles. The zero-order valence-electron chi connectivity index (χ0n) is 19.4. The van der Waals surface area contributed by atoms with Crippen molar-refractivity contribution in [2.75, 3.05) is 13.2 Å². The fourth-order valence-electron chi connectivity index (χ4n) is 4.70. The van der Waals surface area contributed by atoms with Gasteiger partial charge in [-0.1, -0.05) is 60.7 Å². The predicted octanol–water partition coefficient (Wildman–Crippen LogP) is 6.20. The number of epoxide rings is 2. The summed E-state index contributed by atoms with van der Waals surface area (Å²) in [4.78, 5) is 0. The van der Waals surface area contributed by atoms with Crippen molar-refractivity contribution in [3.05, 3.63) is 120 Å². The lowest BCUT2D eigenvalue weighted by atomic mass is 9.89. The molecule has 2 fully saturated rings. The van der Waals surface area contributed by atoms with E-state index in [0.29, 0.717) is 13.2 Å². The zero-order valence-corrected chi connectivity index (χ0v) is 19.4. The van der Waals surface area contributed by atoms with Crippen LogP contribution >= 0.6 is 0 Å². The van der Waals surface area contributed by atoms with E-state index in [4.69, 9.17) is 14.2 Å². The second-order valence-corrected chi connectivity index (χ2v) is 8.67. The van der Waals surface area contributed by atoms with E-state index in [-0.39, 0.29) is 24.4 Å². The average molecular weight is 443 g/mol. The summed E-state index contributed by atoms with van der Waals surface area (Å²) < 4.78 is 18.7. The van der Waals surface area contributed by atoms with Gasteiger partial charge in [-0.05, 0) is 59.1 Å². The second-order valence-electron chi connectivity index (χ2n) is 8.67. The van der Waals surface area contributed by atoms with E-state index in [9.17, 15) is 0 Å². The van der Waals surface area contributed by atoms with E-state index >= 15 is 0 Å². The highest BCUT2D eigenvalue weighted by Gasteiger charge is 2.44. The SMILES string of the molecule is C=CCc1cccc(CC=C)c1C(OC(c1c(CC=C)cccc1CC=C)C1CO1)C1CO1. The third-order valence-corrected chi connectivity index (χ3v) is 6.29. The molecule has 0 aromatic heterocycles. The molecule has 0 radical (unpaired) electrons. The van der Waals surface area contributed by atoms with Crippen molar-refractivity contribution < 1.29 is 14.2 Å². The number of allylic oxidation sites excluding steroid dienone is 4. The van der Waals surface area contributed by atoms with Crippen molar-refractivity contribution in [1.29, 1.82) is 0 Å². The van der Waals surface area contributed by atoms with Gasteiger partial charge in [-0.3, -0.25) is 0 Å². The number of hydrogen-bond acceptors (Lipinski definition) is 3. The van der Waals surface area contributed by atoms with Crippen LogP contribution < -0.4 is 0 Å². The van der Waals surface area contributed by atoms with Crippen molar-refractivity contribution in [3.8, 4) is 0 Å². The van der Waals surface area contributed by atoms with E-state index in [2.05, 4.69) is 62.7 Å². The first kappa shape index (κ1) is 23.4. The van der Waals surface area contributed by atoms with Crippen molar-refractivity contribution in [3.63, 3.8) is 0 Å². The molecule has 3 nitrogen and oxygen atoms in total. The Labute approximate surface area is 198 Å². The minimum absolute atomic E-state index is 0.0372. The number of rotatable bonds is 14. The van der Waals surface area contributed by atoms with Crippen molar-refractivity contribution in [2.24, 2.45) is 0 Å². The first-order valence-corrected chi connectivity index (χ1v) is 11.7. The maximum absolute atomic E-state index is 7.03. The Morgan fingerprint density at radius 1 is 0.667 bits per heavy atom. The summed E-state index contributed by atoms with van der Waals surface area (Å²) >= 11 is 0. The first-order chi connectivity index (χ1) is 16.2. The molecule has 2 aromatic carbocycles. The number of hydrogen-bond donors (Lipinski definition) is 0. The molecule has 0 N–H and O–H groups in total. The molecule has 2 aromatic rings. The zero-order chi connectivity index (χ0) is 23.2. The lowest BCUT2D eigenvalue weighted by Gasteiger charge is -2.29. The quantitative estimate of drug-likeness (QED) is 0.258. The average Bonchev–Trinajstić information content (AvgIpc) is 3.71. The van der Waals surface area contributed by atoms with Gasteiger partial charge in [-0.2, -0.15) is 0 Å². The summed E-state index contributed by atoms with van der Waals surface area (Å²) in [6, 6.07) is 12.9. The van der Waals surface area contributed by atoms with E-state index in [1.165, 1.54) is 33.4 Å². The molecule has 0 bridgehead atoms. The molecule has 33 heavy (non-hydrogen) atoms. The highest BCUT2D eigenvalue weighted by atomic mass is 16.6. The molecule has 0 aliphatic carbocycles. The summed E-state index contributed by atoms with van der Waals surface area (Å²) in [7, 11) is 0. The minimum Gasteiger partial charge on any atom is -0.370 e. The molecule has 2 heterocycles. The molecule has 0 amide bonds. The van der Waals surface area contributed by atoms with Gasteiger partial charge in [0.15, 0.2) is 0 Å². The van der Waals surface area contributed by atoms with Crippen molar-refractivity contribution >= 4 is 0 Å². The van der Waals surface area contributed by atoms with Crippen molar-refractivity contribution in [1.82, 2.24) is 0 Å². The maximum Gasteiger partial charge on any atom is 0.112 e. The van der Waals surface area contributed by atoms with Gasteiger partial charge in [0.25, 0.3) is 0 Å². The van der Waals surface area contributed by atoms with Crippen LogP contribution in [0.25, 0.3) is 0 Å². The van der Waals surface area contributed by atoms with Crippen molar-refractivity contribution in [2.45, 2.75) is 50.1 Å². The van der Waals surface area contributed by atoms with Gasteiger partial charge in [-0.15, -0.1) is 26.3 Å². The third kappa shape index (κ3) is 5.44. The van der Waals surface area contributed by atoms with Crippen LogP contribution in [-0.2, 0) is 39.9 Å². The molecular weight excluding hydrogens is 408 g/mol. The van der Waals surface area contributed by atoms with E-state index in [1.807, 2.05) is 24.3 Å². The number of ether oxygens (including phenoxy) is 3. The monoisotopic (exact) mass is 442 g/mol. The molecule has 2 aliphatic heterocycles. The largest absolute Gasteiger partial charge is 0.370 e. The fourth-order valence-corrected chi connectivity index (χ4v) is 4.70. The summed E-state index contributed by atoms with van der Waals surface area (Å²) in [5.41, 5.74) is 7.32. The third-order valence-electron chi connectivity index (χ3n) is 6.29. The Balaban J connectivity index is 1.79. The maximum atomic E-state index is 7.03. The Morgan fingerprint density at radius 2 is 0.970 bits per heavy atom. The molecule has 4 atom stereocenters. The molecule has 3 heteroatoms. The van der Waals surface area contributed by atoms with Crippen LogP contribution in [0, 0.1) is 0 Å². The van der Waals surface area contributed by atoms with Gasteiger partial charge in [-0.25, -0.2) is 0 Å². The van der Waals surface area contributed by atoms with Gasteiger partial charge in [0.2, 0.25) is 0 Å². The van der Waals surface area contributed by atoms with E-state index < -0.39 is 0 Å². The predicted molar refractivity (Wildman–Crippen MR) is 135 cm³/mol. The Bertz CT molecular complexity index is 875. The topological polar surface area (TPSA) is 34.3 Å². The molecule has 2 aliphatic rings. The van der Waals surface area contributed by atoms with Crippen LogP contribution in [0.5, 0.6) is 0 Å². The minimum atomic E-state index is -0.182. The van der Waals surface area contributed by atoms with Crippen LogP contribution in [0.4, 0.5) is 0 Å². The van der Waals surface area contributed by atoms with Crippen LogP contribution in [0.1, 0.15) is 45.6 Å². The molecule has 4 rings (SSSR count). The highest BCUT2D eigenvalue weighted by molar-refractivity contribution is 5.43. The van der Waals surface area contributed by atoms with Crippen LogP contribution in [-0.4, -0.2) is 25.4 Å². The first-order valence-electron chi connectivity index (χ1n) is 11.7. The molecule has 0 spiro atoms. The van der Waals surface area contributed by atoms with E-state index in [1.54, 1.807) is 0 Å². The Kier molecular flexibility index (Phi) is 7.77. The standard InChI is InChI=1S/C30H34O3/c1-5-11-21-15-9-16-22(12-6-2)27(21)29(25-19-31-25)33-30(26-20-32-26)28-23(13-7-3)17-10-18-24(28)14-8-4/h5-10,15-18,25-26,29-30H,1-4,11-14,19-20H2. The Morgan fingerprint density at radius 3 is 1.21 bits per heavy atom. The van der Waals surface area contributed by atoms with Gasteiger partial charge in [0, 0.05) is 0 Å². The lowest BCUT2D eigenvalue weighted by molar-refractivity contribution is -0.0432. The second kappa shape index (κ2) is 10.9.